The summed E-state index contributed by atoms with van der Waals surface area (Å²) in [4.78, 5) is 2.03. The highest BCUT2D eigenvalue weighted by molar-refractivity contribution is 14.1. The molecule has 3 heteroatoms. The van der Waals surface area contributed by atoms with Crippen molar-refractivity contribution in [2.75, 3.05) is 14.1 Å². The third-order valence-electron chi connectivity index (χ3n) is 1.53. The van der Waals surface area contributed by atoms with Crippen molar-refractivity contribution in [3.05, 3.63) is 27.3 Å². The molecule has 1 rings (SSSR count). The van der Waals surface area contributed by atoms with Crippen LogP contribution in [0.3, 0.4) is 0 Å². The van der Waals surface area contributed by atoms with Crippen LogP contribution in [0.5, 0.6) is 5.75 Å². The van der Waals surface area contributed by atoms with Crippen LogP contribution in [0.2, 0.25) is 0 Å². The second-order valence-electron chi connectivity index (χ2n) is 3.01. The summed E-state index contributed by atoms with van der Waals surface area (Å²) in [6.07, 6.45) is 0. The van der Waals surface area contributed by atoms with E-state index in [9.17, 15) is 5.11 Å². The van der Waals surface area contributed by atoms with Gasteiger partial charge >= 0.3 is 0 Å². The van der Waals surface area contributed by atoms with E-state index in [1.165, 1.54) is 0 Å². The minimum Gasteiger partial charge on any atom is -0.508 e. The van der Waals surface area contributed by atoms with Gasteiger partial charge in [0.05, 0.1) is 0 Å². The van der Waals surface area contributed by atoms with Gasteiger partial charge in [-0.25, -0.2) is 0 Å². The molecule has 0 aromatic heterocycles. The number of phenolic OH excluding ortho intramolecular Hbond substituents is 1. The zero-order chi connectivity index (χ0) is 9.14. The van der Waals surface area contributed by atoms with Crippen molar-refractivity contribution >= 4 is 22.6 Å². The SMILES string of the molecule is CN(C)Cc1cc(I)ccc1O. The predicted octanol–water partition coefficient (Wildman–Crippen LogP) is 2.06. The van der Waals surface area contributed by atoms with Gasteiger partial charge in [-0.05, 0) is 54.9 Å². The Labute approximate surface area is 86.3 Å². The van der Waals surface area contributed by atoms with Crippen LogP contribution in [0.4, 0.5) is 0 Å². The number of hydrogen-bond donors (Lipinski definition) is 1. The Kier molecular flexibility index (Phi) is 3.34. The van der Waals surface area contributed by atoms with E-state index in [4.69, 9.17) is 0 Å². The van der Waals surface area contributed by atoms with Crippen molar-refractivity contribution in [3.8, 4) is 5.75 Å². The highest BCUT2D eigenvalue weighted by atomic mass is 127. The molecule has 0 aliphatic heterocycles. The number of hydrogen-bond acceptors (Lipinski definition) is 2. The van der Waals surface area contributed by atoms with Crippen LogP contribution in [0.25, 0.3) is 0 Å². The first-order valence-corrected chi connectivity index (χ1v) is 4.79. The Bertz CT molecular complexity index is 273. The predicted molar refractivity (Wildman–Crippen MR) is 58.2 cm³/mol. The first kappa shape index (κ1) is 9.80. The van der Waals surface area contributed by atoms with Crippen LogP contribution >= 0.6 is 22.6 Å². The number of aromatic hydroxyl groups is 1. The van der Waals surface area contributed by atoms with Gasteiger partial charge in [-0.15, -0.1) is 0 Å². The molecule has 0 heterocycles. The van der Waals surface area contributed by atoms with Crippen LogP contribution in [-0.2, 0) is 6.54 Å². The zero-order valence-electron chi connectivity index (χ0n) is 7.21. The van der Waals surface area contributed by atoms with Crippen molar-refractivity contribution in [2.45, 2.75) is 6.54 Å². The maximum absolute atomic E-state index is 9.45. The molecule has 1 aromatic rings. The number of nitrogens with zero attached hydrogens (tertiary/aromatic N) is 1. The van der Waals surface area contributed by atoms with E-state index in [2.05, 4.69) is 22.6 Å². The maximum atomic E-state index is 9.45. The zero-order valence-corrected chi connectivity index (χ0v) is 9.37. The van der Waals surface area contributed by atoms with Crippen molar-refractivity contribution in [1.29, 1.82) is 0 Å². The van der Waals surface area contributed by atoms with Crippen LogP contribution in [0.15, 0.2) is 18.2 Å². The number of phenols is 1. The molecule has 0 saturated heterocycles. The lowest BCUT2D eigenvalue weighted by Crippen LogP contribution is -2.10. The first-order valence-electron chi connectivity index (χ1n) is 3.71. The smallest absolute Gasteiger partial charge is 0.120 e. The number of rotatable bonds is 2. The molecule has 0 amide bonds. The first-order chi connectivity index (χ1) is 5.59. The fourth-order valence-corrected chi connectivity index (χ4v) is 1.58. The molecule has 1 aromatic carbocycles. The highest BCUT2D eigenvalue weighted by Crippen LogP contribution is 2.20. The minimum atomic E-state index is 0.379. The second-order valence-corrected chi connectivity index (χ2v) is 4.26. The average Bonchev–Trinajstić information content (AvgIpc) is 1.96. The molecule has 0 bridgehead atoms. The summed E-state index contributed by atoms with van der Waals surface area (Å²) in [5.41, 5.74) is 0.979. The Balaban J connectivity index is 2.90. The Hall–Kier alpha value is -0.290. The fraction of sp³-hybridized carbons (Fsp3) is 0.333. The fourth-order valence-electron chi connectivity index (χ4n) is 1.02. The molecular formula is C9H12INO. The largest absolute Gasteiger partial charge is 0.508 e. The summed E-state index contributed by atoms with van der Waals surface area (Å²) in [5, 5.41) is 9.45. The minimum absolute atomic E-state index is 0.379. The molecule has 0 aliphatic carbocycles. The van der Waals surface area contributed by atoms with Crippen molar-refractivity contribution in [2.24, 2.45) is 0 Å². The van der Waals surface area contributed by atoms with E-state index in [0.29, 0.717) is 5.75 Å². The molecule has 0 saturated carbocycles. The highest BCUT2D eigenvalue weighted by Gasteiger charge is 2.02. The van der Waals surface area contributed by atoms with E-state index in [1.807, 2.05) is 31.1 Å². The Morgan fingerprint density at radius 3 is 2.67 bits per heavy atom. The molecule has 2 nitrogen and oxygen atoms in total. The van der Waals surface area contributed by atoms with E-state index >= 15 is 0 Å². The third kappa shape index (κ3) is 2.64. The lowest BCUT2D eigenvalue weighted by Gasteiger charge is -2.11. The normalized spacial score (nSPS) is 10.7. The van der Waals surface area contributed by atoms with E-state index in [-0.39, 0.29) is 0 Å². The molecule has 0 atom stereocenters. The molecule has 0 radical (unpaired) electrons. The van der Waals surface area contributed by atoms with Crippen LogP contribution in [-0.4, -0.2) is 24.1 Å². The summed E-state index contributed by atoms with van der Waals surface area (Å²) in [7, 11) is 3.97. The molecule has 0 aliphatic rings. The average molecular weight is 277 g/mol. The van der Waals surface area contributed by atoms with E-state index in [1.54, 1.807) is 6.07 Å². The van der Waals surface area contributed by atoms with Gasteiger partial charge in [0.25, 0.3) is 0 Å². The number of benzene rings is 1. The summed E-state index contributed by atoms with van der Waals surface area (Å²) < 4.78 is 1.15. The lowest BCUT2D eigenvalue weighted by atomic mass is 10.2. The van der Waals surface area contributed by atoms with Gasteiger partial charge in [-0.1, -0.05) is 0 Å². The maximum Gasteiger partial charge on any atom is 0.120 e. The lowest BCUT2D eigenvalue weighted by molar-refractivity contribution is 0.385. The van der Waals surface area contributed by atoms with Gasteiger partial charge in [0.15, 0.2) is 0 Å². The van der Waals surface area contributed by atoms with Crippen LogP contribution in [0.1, 0.15) is 5.56 Å². The van der Waals surface area contributed by atoms with Gasteiger partial charge in [-0.3, -0.25) is 0 Å². The van der Waals surface area contributed by atoms with Gasteiger partial charge in [0, 0.05) is 15.7 Å². The quantitative estimate of drug-likeness (QED) is 0.836. The van der Waals surface area contributed by atoms with Crippen molar-refractivity contribution < 1.29 is 5.11 Å². The second kappa shape index (κ2) is 4.09. The van der Waals surface area contributed by atoms with Gasteiger partial charge in [0.2, 0.25) is 0 Å². The summed E-state index contributed by atoms with van der Waals surface area (Å²) in [6, 6.07) is 5.63. The monoisotopic (exact) mass is 277 g/mol. The summed E-state index contributed by atoms with van der Waals surface area (Å²) >= 11 is 2.24. The van der Waals surface area contributed by atoms with Crippen LogP contribution < -0.4 is 0 Å². The topological polar surface area (TPSA) is 23.5 Å². The molecule has 0 spiro atoms. The number of halogens is 1. The third-order valence-corrected chi connectivity index (χ3v) is 2.20. The van der Waals surface area contributed by atoms with Crippen LogP contribution in [0, 0.1) is 3.57 Å². The van der Waals surface area contributed by atoms with Gasteiger partial charge in [0.1, 0.15) is 5.75 Å². The Morgan fingerprint density at radius 2 is 2.08 bits per heavy atom. The van der Waals surface area contributed by atoms with E-state index < -0.39 is 0 Å². The molecule has 0 unspecified atom stereocenters. The Morgan fingerprint density at radius 1 is 1.42 bits per heavy atom. The van der Waals surface area contributed by atoms with Gasteiger partial charge in [-0.2, -0.15) is 0 Å². The summed E-state index contributed by atoms with van der Waals surface area (Å²) in [5.74, 6) is 0.379. The standard InChI is InChI=1S/C9H12INO/c1-11(2)6-7-5-8(10)3-4-9(7)12/h3-5,12H,6H2,1-2H3. The molecular weight excluding hydrogens is 265 g/mol. The molecule has 0 fully saturated rings. The summed E-state index contributed by atoms with van der Waals surface area (Å²) in [6.45, 7) is 0.780. The van der Waals surface area contributed by atoms with E-state index in [0.717, 1.165) is 15.7 Å². The van der Waals surface area contributed by atoms with Gasteiger partial charge < -0.3 is 10.0 Å². The van der Waals surface area contributed by atoms with Crippen molar-refractivity contribution in [3.63, 3.8) is 0 Å². The molecule has 12 heavy (non-hydrogen) atoms. The van der Waals surface area contributed by atoms with Crippen molar-refractivity contribution in [1.82, 2.24) is 4.90 Å². The molecule has 66 valence electrons. The molecule has 1 N–H and O–H groups in total.